The number of anilines is 1. The fourth-order valence-electron chi connectivity index (χ4n) is 3.73. The van der Waals surface area contributed by atoms with Crippen molar-refractivity contribution in [2.24, 2.45) is 0 Å². The Labute approximate surface area is 177 Å². The largest absolute Gasteiger partial charge is 0.466 e. The fourth-order valence-corrected chi connectivity index (χ4v) is 3.73. The first-order valence-corrected chi connectivity index (χ1v) is 10.3. The number of hydrogen-bond acceptors (Lipinski definition) is 4. The maximum atomic E-state index is 12.5. The number of nitrogens with zero attached hydrogens (tertiary/aromatic N) is 1. The summed E-state index contributed by atoms with van der Waals surface area (Å²) in [6, 6.07) is 17.5. The average molecular weight is 408 g/mol. The molecule has 0 saturated heterocycles. The summed E-state index contributed by atoms with van der Waals surface area (Å²) in [5.41, 5.74) is 4.26. The van der Waals surface area contributed by atoms with Crippen molar-refractivity contribution in [2.45, 2.75) is 39.3 Å². The van der Waals surface area contributed by atoms with E-state index >= 15 is 0 Å². The van der Waals surface area contributed by atoms with Gasteiger partial charge in [0.25, 0.3) is 0 Å². The summed E-state index contributed by atoms with van der Waals surface area (Å²) < 4.78 is 5.00. The van der Waals surface area contributed by atoms with Gasteiger partial charge in [-0.25, -0.2) is 9.59 Å². The minimum atomic E-state index is -0.536. The summed E-state index contributed by atoms with van der Waals surface area (Å²) in [4.78, 5) is 27.0. The standard InChI is InChI=1S/C24H29N3O3/c1-4-9-20-21(23(28)30-3)22(26-24(29)25-20)18-12-14-19(15-13-18)27(5-2)16-17-10-7-6-8-11-17/h6-8,10-15,22H,4-5,9,16H2,1-3H3,(H2,25,26,29). The van der Waals surface area contributed by atoms with Crippen molar-refractivity contribution in [3.8, 4) is 0 Å². The lowest BCUT2D eigenvalue weighted by Crippen LogP contribution is -2.45. The van der Waals surface area contributed by atoms with Crippen molar-refractivity contribution in [3.63, 3.8) is 0 Å². The monoisotopic (exact) mass is 407 g/mol. The molecule has 2 amide bonds. The number of rotatable bonds is 8. The molecule has 1 heterocycles. The van der Waals surface area contributed by atoms with Crippen LogP contribution in [-0.4, -0.2) is 25.7 Å². The first kappa shape index (κ1) is 21.4. The van der Waals surface area contributed by atoms with E-state index < -0.39 is 12.0 Å². The topological polar surface area (TPSA) is 70.7 Å². The van der Waals surface area contributed by atoms with Crippen LogP contribution in [0.2, 0.25) is 0 Å². The lowest BCUT2D eigenvalue weighted by molar-refractivity contribution is -0.136. The quantitative estimate of drug-likeness (QED) is 0.641. The predicted molar refractivity (Wildman–Crippen MR) is 118 cm³/mol. The van der Waals surface area contributed by atoms with Gasteiger partial charge in [0.15, 0.2) is 0 Å². The number of nitrogens with one attached hydrogen (secondary N) is 2. The highest BCUT2D eigenvalue weighted by Gasteiger charge is 2.33. The third-order valence-electron chi connectivity index (χ3n) is 5.25. The molecule has 2 aromatic carbocycles. The normalized spacial score (nSPS) is 16.0. The molecule has 0 radical (unpaired) electrons. The number of hydrogen-bond donors (Lipinski definition) is 2. The van der Waals surface area contributed by atoms with Gasteiger partial charge in [-0.2, -0.15) is 0 Å². The molecule has 0 aliphatic carbocycles. The van der Waals surface area contributed by atoms with E-state index in [1.165, 1.54) is 12.7 Å². The van der Waals surface area contributed by atoms with Crippen LogP contribution in [-0.2, 0) is 16.1 Å². The average Bonchev–Trinajstić information content (AvgIpc) is 2.77. The number of amides is 2. The number of ether oxygens (including phenoxy) is 1. The van der Waals surface area contributed by atoms with Crippen molar-refractivity contribution in [2.75, 3.05) is 18.6 Å². The molecule has 0 fully saturated rings. The highest BCUT2D eigenvalue weighted by Crippen LogP contribution is 2.30. The SMILES string of the molecule is CCCC1=C(C(=O)OC)C(c2ccc(N(CC)Cc3ccccc3)cc2)NC(=O)N1. The summed E-state index contributed by atoms with van der Waals surface area (Å²) in [6.07, 6.45) is 1.42. The summed E-state index contributed by atoms with van der Waals surface area (Å²) in [5.74, 6) is -0.431. The van der Waals surface area contributed by atoms with Gasteiger partial charge in [0.05, 0.1) is 18.7 Å². The number of allylic oxidation sites excluding steroid dienone is 1. The molecular formula is C24H29N3O3. The number of benzene rings is 2. The van der Waals surface area contributed by atoms with Crippen LogP contribution in [0.25, 0.3) is 0 Å². The third kappa shape index (κ3) is 4.82. The van der Waals surface area contributed by atoms with E-state index in [1.54, 1.807) is 0 Å². The second-order valence-electron chi connectivity index (χ2n) is 7.26. The van der Waals surface area contributed by atoms with Crippen LogP contribution in [0.1, 0.15) is 43.9 Å². The van der Waals surface area contributed by atoms with Crippen molar-refractivity contribution >= 4 is 17.7 Å². The first-order valence-electron chi connectivity index (χ1n) is 10.3. The summed E-state index contributed by atoms with van der Waals surface area (Å²) in [6.45, 7) is 5.81. The second-order valence-corrected chi connectivity index (χ2v) is 7.26. The fraction of sp³-hybridized carbons (Fsp3) is 0.333. The molecule has 0 bridgehead atoms. The zero-order valence-electron chi connectivity index (χ0n) is 17.8. The van der Waals surface area contributed by atoms with Gasteiger partial charge in [0.1, 0.15) is 0 Å². The maximum Gasteiger partial charge on any atom is 0.337 e. The molecule has 30 heavy (non-hydrogen) atoms. The van der Waals surface area contributed by atoms with E-state index in [0.717, 1.165) is 30.8 Å². The minimum absolute atomic E-state index is 0.306. The molecule has 1 aliphatic heterocycles. The molecular weight excluding hydrogens is 378 g/mol. The molecule has 3 rings (SSSR count). The van der Waals surface area contributed by atoms with Crippen LogP contribution < -0.4 is 15.5 Å². The lowest BCUT2D eigenvalue weighted by atomic mass is 9.93. The second kappa shape index (κ2) is 9.96. The Hall–Kier alpha value is -3.28. The van der Waals surface area contributed by atoms with E-state index in [2.05, 4.69) is 34.6 Å². The summed E-state index contributed by atoms with van der Waals surface area (Å²) >= 11 is 0. The van der Waals surface area contributed by atoms with Crippen molar-refractivity contribution < 1.29 is 14.3 Å². The van der Waals surface area contributed by atoms with Gasteiger partial charge in [-0.1, -0.05) is 55.8 Å². The van der Waals surface area contributed by atoms with Crippen molar-refractivity contribution in [1.82, 2.24) is 10.6 Å². The van der Waals surface area contributed by atoms with Crippen LogP contribution in [0.4, 0.5) is 10.5 Å². The number of carbonyl (C=O) groups excluding carboxylic acids is 2. The summed E-state index contributed by atoms with van der Waals surface area (Å²) in [7, 11) is 1.36. The molecule has 158 valence electrons. The molecule has 0 aromatic heterocycles. The molecule has 0 saturated carbocycles. The number of carbonyl (C=O) groups is 2. The lowest BCUT2D eigenvalue weighted by Gasteiger charge is -2.30. The first-order chi connectivity index (χ1) is 14.6. The number of methoxy groups -OCH3 is 1. The van der Waals surface area contributed by atoms with Crippen molar-refractivity contribution in [3.05, 3.63) is 77.0 Å². The number of urea groups is 1. The van der Waals surface area contributed by atoms with Crippen LogP contribution in [0.15, 0.2) is 65.9 Å². The molecule has 1 unspecified atom stereocenters. The van der Waals surface area contributed by atoms with Gasteiger partial charge >= 0.3 is 12.0 Å². The number of esters is 1. The molecule has 1 atom stereocenters. The Morgan fingerprint density at radius 3 is 2.37 bits per heavy atom. The smallest absolute Gasteiger partial charge is 0.337 e. The van der Waals surface area contributed by atoms with Crippen LogP contribution in [0.5, 0.6) is 0 Å². The van der Waals surface area contributed by atoms with E-state index in [-0.39, 0.29) is 6.03 Å². The van der Waals surface area contributed by atoms with E-state index in [9.17, 15) is 9.59 Å². The Balaban J connectivity index is 1.88. The zero-order chi connectivity index (χ0) is 21.5. The molecule has 0 spiro atoms. The van der Waals surface area contributed by atoms with Crippen LogP contribution in [0.3, 0.4) is 0 Å². The van der Waals surface area contributed by atoms with Gasteiger partial charge in [-0.3, -0.25) is 0 Å². The predicted octanol–water partition coefficient (Wildman–Crippen LogP) is 4.29. The Morgan fingerprint density at radius 1 is 1.07 bits per heavy atom. The van der Waals surface area contributed by atoms with Gasteiger partial charge in [-0.05, 0) is 36.6 Å². The van der Waals surface area contributed by atoms with Crippen molar-refractivity contribution in [1.29, 1.82) is 0 Å². The Morgan fingerprint density at radius 2 is 1.77 bits per heavy atom. The summed E-state index contributed by atoms with van der Waals surface area (Å²) in [5, 5.41) is 5.64. The van der Waals surface area contributed by atoms with E-state index in [1.807, 2.05) is 49.4 Å². The van der Waals surface area contributed by atoms with Gasteiger partial charge in [0.2, 0.25) is 0 Å². The third-order valence-corrected chi connectivity index (χ3v) is 5.25. The van der Waals surface area contributed by atoms with Gasteiger partial charge in [-0.15, -0.1) is 0 Å². The molecule has 6 heteroatoms. The molecule has 2 aromatic rings. The highest BCUT2D eigenvalue weighted by molar-refractivity contribution is 5.95. The highest BCUT2D eigenvalue weighted by atomic mass is 16.5. The Kier molecular flexibility index (Phi) is 7.12. The van der Waals surface area contributed by atoms with Gasteiger partial charge < -0.3 is 20.3 Å². The molecule has 6 nitrogen and oxygen atoms in total. The molecule has 1 aliphatic rings. The Bertz CT molecular complexity index is 907. The zero-order valence-corrected chi connectivity index (χ0v) is 17.8. The van der Waals surface area contributed by atoms with Crippen LogP contribution >= 0.6 is 0 Å². The maximum absolute atomic E-state index is 12.5. The minimum Gasteiger partial charge on any atom is -0.466 e. The van der Waals surface area contributed by atoms with Gasteiger partial charge in [0, 0.05) is 24.5 Å². The van der Waals surface area contributed by atoms with E-state index in [4.69, 9.17) is 4.74 Å². The van der Waals surface area contributed by atoms with Crippen LogP contribution in [0, 0.1) is 0 Å². The van der Waals surface area contributed by atoms with E-state index in [0.29, 0.717) is 17.7 Å². The molecule has 2 N–H and O–H groups in total.